The van der Waals surface area contributed by atoms with Gasteiger partial charge < -0.3 is 21.9 Å². The van der Waals surface area contributed by atoms with Gasteiger partial charge >= 0.3 is 0 Å². The molecule has 1 heterocycles. The molecule has 86 valence electrons. The van der Waals surface area contributed by atoms with Crippen molar-refractivity contribution in [1.82, 2.24) is 4.98 Å². The molecular formula is C9H12N4O3. The molecule has 0 bridgehead atoms. The lowest BCUT2D eigenvalue weighted by atomic mass is 10.2. The van der Waals surface area contributed by atoms with Gasteiger partial charge in [0.15, 0.2) is 11.6 Å². The number of rotatable bonds is 4. The Morgan fingerprint density at radius 3 is 2.81 bits per heavy atom. The summed E-state index contributed by atoms with van der Waals surface area (Å²) in [5.74, 6) is -1.49. The first-order valence-corrected chi connectivity index (χ1v) is 4.49. The third kappa shape index (κ3) is 3.21. The second kappa shape index (κ2) is 5.08. The van der Waals surface area contributed by atoms with E-state index in [9.17, 15) is 14.7 Å². The normalized spacial score (nSPS) is 11.8. The molecular weight excluding hydrogens is 212 g/mol. The lowest BCUT2D eigenvalue weighted by Gasteiger charge is -2.10. The van der Waals surface area contributed by atoms with E-state index in [-0.39, 0.29) is 18.0 Å². The fourth-order valence-corrected chi connectivity index (χ4v) is 1.01. The molecule has 2 amide bonds. The molecule has 7 heteroatoms. The molecule has 0 aliphatic carbocycles. The van der Waals surface area contributed by atoms with Gasteiger partial charge in [0.2, 0.25) is 11.8 Å². The van der Waals surface area contributed by atoms with Crippen molar-refractivity contribution in [2.75, 3.05) is 5.32 Å². The molecule has 0 aliphatic heterocycles. The van der Waals surface area contributed by atoms with Crippen LogP contribution in [-0.4, -0.2) is 27.9 Å². The summed E-state index contributed by atoms with van der Waals surface area (Å²) in [4.78, 5) is 25.7. The van der Waals surface area contributed by atoms with Gasteiger partial charge in [-0.05, 0) is 12.1 Å². The molecule has 0 aliphatic rings. The summed E-state index contributed by atoms with van der Waals surface area (Å²) in [5, 5.41) is 11.6. The Hall–Kier alpha value is -2.15. The summed E-state index contributed by atoms with van der Waals surface area (Å²) < 4.78 is 0. The van der Waals surface area contributed by atoms with Crippen molar-refractivity contribution in [2.45, 2.75) is 12.5 Å². The number of primary amides is 1. The van der Waals surface area contributed by atoms with E-state index in [1.54, 1.807) is 0 Å². The number of anilines is 1. The fourth-order valence-electron chi connectivity index (χ4n) is 1.01. The van der Waals surface area contributed by atoms with E-state index < -0.39 is 17.9 Å². The number of pyridine rings is 1. The van der Waals surface area contributed by atoms with Crippen molar-refractivity contribution in [3.8, 4) is 5.75 Å². The van der Waals surface area contributed by atoms with Gasteiger partial charge in [0.05, 0.1) is 12.5 Å². The van der Waals surface area contributed by atoms with Gasteiger partial charge in [-0.15, -0.1) is 0 Å². The van der Waals surface area contributed by atoms with Crippen molar-refractivity contribution >= 4 is 17.6 Å². The minimum Gasteiger partial charge on any atom is -0.504 e. The zero-order chi connectivity index (χ0) is 12.1. The van der Waals surface area contributed by atoms with Crippen LogP contribution in [0.15, 0.2) is 18.3 Å². The highest BCUT2D eigenvalue weighted by molar-refractivity contribution is 5.97. The van der Waals surface area contributed by atoms with Crippen LogP contribution in [0.3, 0.4) is 0 Å². The van der Waals surface area contributed by atoms with Crippen LogP contribution in [0.5, 0.6) is 5.75 Å². The average molecular weight is 224 g/mol. The monoisotopic (exact) mass is 224 g/mol. The van der Waals surface area contributed by atoms with Crippen molar-refractivity contribution in [2.24, 2.45) is 11.5 Å². The summed E-state index contributed by atoms with van der Waals surface area (Å²) in [6, 6.07) is 1.82. The topological polar surface area (TPSA) is 131 Å². The highest BCUT2D eigenvalue weighted by atomic mass is 16.3. The number of nitrogens with one attached hydrogen (secondary N) is 1. The molecule has 1 unspecified atom stereocenters. The average Bonchev–Trinajstić information content (AvgIpc) is 2.20. The predicted octanol–water partition coefficient (Wildman–Crippen LogP) is -1.07. The van der Waals surface area contributed by atoms with Crippen LogP contribution >= 0.6 is 0 Å². The van der Waals surface area contributed by atoms with Crippen LogP contribution in [0.4, 0.5) is 5.82 Å². The van der Waals surface area contributed by atoms with Gasteiger partial charge in [-0.3, -0.25) is 9.59 Å². The van der Waals surface area contributed by atoms with Gasteiger partial charge in [-0.25, -0.2) is 4.98 Å². The molecule has 16 heavy (non-hydrogen) atoms. The zero-order valence-corrected chi connectivity index (χ0v) is 8.38. The first-order chi connectivity index (χ1) is 7.50. The Labute approximate surface area is 91.5 Å². The fraction of sp³-hybridized carbons (Fsp3) is 0.222. The number of hydrogen-bond donors (Lipinski definition) is 4. The lowest BCUT2D eigenvalue weighted by molar-refractivity contribution is -0.123. The summed E-state index contributed by atoms with van der Waals surface area (Å²) in [6.45, 7) is 0. The Morgan fingerprint density at radius 1 is 1.56 bits per heavy atom. The van der Waals surface area contributed by atoms with Crippen molar-refractivity contribution < 1.29 is 14.7 Å². The number of nitrogens with zero attached hydrogens (tertiary/aromatic N) is 1. The van der Waals surface area contributed by atoms with E-state index in [1.807, 2.05) is 0 Å². The molecule has 0 aromatic carbocycles. The second-order valence-electron chi connectivity index (χ2n) is 3.14. The van der Waals surface area contributed by atoms with Crippen LogP contribution in [0.2, 0.25) is 0 Å². The van der Waals surface area contributed by atoms with Crippen molar-refractivity contribution in [1.29, 1.82) is 0 Å². The molecule has 0 fully saturated rings. The largest absolute Gasteiger partial charge is 0.504 e. The van der Waals surface area contributed by atoms with Crippen molar-refractivity contribution in [3.05, 3.63) is 18.3 Å². The third-order valence-electron chi connectivity index (χ3n) is 1.79. The Bertz CT molecular complexity index is 407. The number of aromatic nitrogens is 1. The Morgan fingerprint density at radius 2 is 2.25 bits per heavy atom. The van der Waals surface area contributed by atoms with E-state index in [0.717, 1.165) is 0 Å². The van der Waals surface area contributed by atoms with Crippen molar-refractivity contribution in [3.63, 3.8) is 0 Å². The quantitative estimate of drug-likeness (QED) is 0.517. The number of carbonyl (C=O) groups excluding carboxylic acids is 2. The highest BCUT2D eigenvalue weighted by Gasteiger charge is 2.17. The van der Waals surface area contributed by atoms with Crippen LogP contribution in [0, 0.1) is 0 Å². The van der Waals surface area contributed by atoms with E-state index in [2.05, 4.69) is 10.3 Å². The molecule has 7 nitrogen and oxygen atoms in total. The summed E-state index contributed by atoms with van der Waals surface area (Å²) in [7, 11) is 0. The first kappa shape index (κ1) is 11.9. The van der Waals surface area contributed by atoms with E-state index >= 15 is 0 Å². The van der Waals surface area contributed by atoms with E-state index in [4.69, 9.17) is 11.5 Å². The molecule has 1 aromatic heterocycles. The standard InChI is InChI=1S/C9H12N4O3/c10-5(4-7(11)15)9(16)13-8-6(14)2-1-3-12-8/h1-3,5,14H,4,10H2,(H2,11,15)(H,12,13,16). The third-order valence-corrected chi connectivity index (χ3v) is 1.79. The smallest absolute Gasteiger partial charge is 0.243 e. The van der Waals surface area contributed by atoms with Gasteiger partial charge in [0, 0.05) is 6.20 Å². The predicted molar refractivity (Wildman–Crippen MR) is 56.3 cm³/mol. The van der Waals surface area contributed by atoms with E-state index in [1.165, 1.54) is 18.3 Å². The van der Waals surface area contributed by atoms with Crippen LogP contribution in [-0.2, 0) is 9.59 Å². The number of amides is 2. The summed E-state index contributed by atoms with van der Waals surface area (Å²) in [6.07, 6.45) is 1.13. The van der Waals surface area contributed by atoms with Crippen LogP contribution < -0.4 is 16.8 Å². The van der Waals surface area contributed by atoms with Gasteiger partial charge in [0.1, 0.15) is 0 Å². The number of carbonyl (C=O) groups is 2. The molecule has 0 radical (unpaired) electrons. The lowest BCUT2D eigenvalue weighted by Crippen LogP contribution is -2.39. The zero-order valence-electron chi connectivity index (χ0n) is 8.38. The molecule has 1 rings (SSSR count). The minimum atomic E-state index is -1.06. The van der Waals surface area contributed by atoms with Gasteiger partial charge in [-0.1, -0.05) is 0 Å². The first-order valence-electron chi connectivity index (χ1n) is 4.49. The highest BCUT2D eigenvalue weighted by Crippen LogP contribution is 2.18. The summed E-state index contributed by atoms with van der Waals surface area (Å²) >= 11 is 0. The number of nitrogens with two attached hydrogens (primary N) is 2. The summed E-state index contributed by atoms with van der Waals surface area (Å²) in [5.41, 5.74) is 10.3. The molecule has 1 atom stereocenters. The minimum absolute atomic E-state index is 0.00702. The SMILES string of the molecule is NC(=O)CC(N)C(=O)Nc1ncccc1O. The second-order valence-corrected chi connectivity index (χ2v) is 3.14. The van der Waals surface area contributed by atoms with Gasteiger partial charge in [0.25, 0.3) is 0 Å². The van der Waals surface area contributed by atoms with E-state index in [0.29, 0.717) is 0 Å². The molecule has 0 saturated heterocycles. The van der Waals surface area contributed by atoms with Crippen LogP contribution in [0.1, 0.15) is 6.42 Å². The molecule has 1 aromatic rings. The Kier molecular flexibility index (Phi) is 3.78. The Balaban J connectivity index is 2.64. The molecule has 6 N–H and O–H groups in total. The maximum absolute atomic E-state index is 11.4. The maximum Gasteiger partial charge on any atom is 0.243 e. The van der Waals surface area contributed by atoms with Crippen LogP contribution in [0.25, 0.3) is 0 Å². The number of aromatic hydroxyl groups is 1. The molecule has 0 spiro atoms. The molecule has 0 saturated carbocycles. The van der Waals surface area contributed by atoms with Gasteiger partial charge in [-0.2, -0.15) is 0 Å². The maximum atomic E-state index is 11.4. The number of hydrogen-bond acceptors (Lipinski definition) is 5.